The topological polar surface area (TPSA) is 237 Å². The van der Waals surface area contributed by atoms with E-state index in [9.17, 15) is 43.2 Å². The maximum absolute atomic E-state index is 13.0. The number of carbonyl (C=O) groups excluding carboxylic acids is 4. The van der Waals surface area contributed by atoms with Crippen molar-refractivity contribution in [1.29, 1.82) is 0 Å². The predicted octanol–water partition coefficient (Wildman–Crippen LogP) is 21.1. The maximum Gasteiger partial charge on any atom is 0.472 e. The number of phosphoric ester groups is 2. The third-order valence-corrected chi connectivity index (χ3v) is 18.8. The summed E-state index contributed by atoms with van der Waals surface area (Å²) in [6.07, 6.45) is 55.4. The molecule has 0 amide bonds. The summed E-state index contributed by atoms with van der Waals surface area (Å²) in [6, 6.07) is 0. The fourth-order valence-electron chi connectivity index (χ4n) is 11.0. The van der Waals surface area contributed by atoms with Gasteiger partial charge in [0.1, 0.15) is 19.3 Å². The lowest BCUT2D eigenvalue weighted by atomic mass is 10.0. The van der Waals surface area contributed by atoms with Crippen LogP contribution in [0.2, 0.25) is 0 Å². The number of aliphatic hydroxyl groups excluding tert-OH is 1. The van der Waals surface area contributed by atoms with Gasteiger partial charge in [0.25, 0.3) is 0 Å². The van der Waals surface area contributed by atoms with Crippen LogP contribution in [0.4, 0.5) is 0 Å². The van der Waals surface area contributed by atoms with Crippen molar-refractivity contribution in [2.24, 2.45) is 0 Å². The van der Waals surface area contributed by atoms with E-state index in [0.29, 0.717) is 25.7 Å². The van der Waals surface area contributed by atoms with Gasteiger partial charge in [0.2, 0.25) is 0 Å². The minimum absolute atomic E-state index is 0.108. The van der Waals surface area contributed by atoms with Gasteiger partial charge in [0, 0.05) is 25.7 Å². The number of rotatable bonds is 73. The lowest BCUT2D eigenvalue weighted by Gasteiger charge is -2.21. The molecule has 0 aliphatic heterocycles. The molecule has 0 aliphatic carbocycles. The van der Waals surface area contributed by atoms with Gasteiger partial charge in [-0.25, -0.2) is 9.13 Å². The number of carbonyl (C=O) groups is 4. The van der Waals surface area contributed by atoms with Crippen LogP contribution in [0.25, 0.3) is 0 Å². The summed E-state index contributed by atoms with van der Waals surface area (Å²) in [5.74, 6) is -2.12. The number of phosphoric acid groups is 2. The Bertz CT molecular complexity index is 1740. The Morgan fingerprint density at radius 2 is 0.440 bits per heavy atom. The van der Waals surface area contributed by atoms with Gasteiger partial charge in [-0.2, -0.15) is 0 Å². The Hall–Kier alpha value is -1.94. The smallest absolute Gasteiger partial charge is 0.462 e. The molecule has 0 heterocycles. The van der Waals surface area contributed by atoms with Crippen molar-refractivity contribution < 1.29 is 80.2 Å². The van der Waals surface area contributed by atoms with Gasteiger partial charge in [-0.3, -0.25) is 37.3 Å². The van der Waals surface area contributed by atoms with Gasteiger partial charge in [0.05, 0.1) is 26.4 Å². The minimum Gasteiger partial charge on any atom is -0.462 e. The normalized spacial score (nSPS) is 14.0. The Morgan fingerprint density at radius 3 is 0.648 bits per heavy atom. The van der Waals surface area contributed by atoms with Crippen molar-refractivity contribution >= 4 is 39.5 Å². The molecule has 0 saturated carbocycles. The van der Waals surface area contributed by atoms with Crippen LogP contribution in [0.1, 0.15) is 381 Å². The molecule has 0 bridgehead atoms. The number of aliphatic hydroxyl groups is 1. The zero-order chi connectivity index (χ0) is 66.8. The maximum atomic E-state index is 13.0. The summed E-state index contributed by atoms with van der Waals surface area (Å²) < 4.78 is 68.3. The molecule has 17 nitrogen and oxygen atoms in total. The summed E-state index contributed by atoms with van der Waals surface area (Å²) in [5.41, 5.74) is 0. The molecule has 91 heavy (non-hydrogen) atoms. The largest absolute Gasteiger partial charge is 0.472 e. The molecule has 0 aromatic carbocycles. The summed E-state index contributed by atoms with van der Waals surface area (Å²) in [6.45, 7) is 4.95. The summed E-state index contributed by atoms with van der Waals surface area (Å²) in [7, 11) is -9.90. The molecule has 0 aromatic heterocycles. The second-order valence-corrected chi connectivity index (χ2v) is 28.9. The third-order valence-electron chi connectivity index (χ3n) is 16.9. The molecule has 5 atom stereocenters. The first-order valence-electron chi connectivity index (χ1n) is 37.8. The zero-order valence-corrected chi connectivity index (χ0v) is 60.6. The molecule has 0 rings (SSSR count). The Morgan fingerprint density at radius 1 is 0.264 bits per heavy atom. The SMILES string of the molecule is CCCCCCCCCCCCCCCCCC(=O)O[C@H](COC(=O)CCCCCCCCCC)COP(=O)(O)OC[C@@H](O)COP(=O)(O)OC[C@@H](COC(=O)CCCCCCCCCCCCCCC)OC(=O)CCCCCCCCCCCCCCCCC. The van der Waals surface area contributed by atoms with Gasteiger partial charge >= 0.3 is 39.5 Å². The highest BCUT2D eigenvalue weighted by molar-refractivity contribution is 7.47. The molecule has 0 saturated heterocycles. The number of ether oxygens (including phenoxy) is 4. The van der Waals surface area contributed by atoms with E-state index >= 15 is 0 Å². The number of unbranched alkanes of at least 4 members (excludes halogenated alkanes) is 47. The lowest BCUT2D eigenvalue weighted by molar-refractivity contribution is -0.161. The van der Waals surface area contributed by atoms with Crippen LogP contribution in [0.5, 0.6) is 0 Å². The molecule has 19 heteroatoms. The van der Waals surface area contributed by atoms with Crippen LogP contribution >= 0.6 is 15.6 Å². The Labute approximate surface area is 556 Å². The molecule has 3 N–H and O–H groups in total. The molecular weight excluding hydrogens is 1200 g/mol. The highest BCUT2D eigenvalue weighted by Crippen LogP contribution is 2.45. The van der Waals surface area contributed by atoms with Gasteiger partial charge in [-0.1, -0.05) is 329 Å². The van der Waals surface area contributed by atoms with E-state index in [4.69, 9.17) is 37.0 Å². The molecule has 0 aliphatic rings. The van der Waals surface area contributed by atoms with Crippen molar-refractivity contribution in [1.82, 2.24) is 0 Å². The summed E-state index contributed by atoms with van der Waals surface area (Å²) in [5, 5.41) is 10.6. The predicted molar refractivity (Wildman–Crippen MR) is 368 cm³/mol. The Balaban J connectivity index is 5.21. The van der Waals surface area contributed by atoms with Crippen molar-refractivity contribution in [2.75, 3.05) is 39.6 Å². The third kappa shape index (κ3) is 66.5. The number of hydrogen-bond acceptors (Lipinski definition) is 15. The molecule has 540 valence electrons. The van der Waals surface area contributed by atoms with Gasteiger partial charge in [-0.15, -0.1) is 0 Å². The first kappa shape index (κ1) is 89.1. The fourth-order valence-corrected chi connectivity index (χ4v) is 12.6. The molecule has 0 aromatic rings. The lowest BCUT2D eigenvalue weighted by Crippen LogP contribution is -2.30. The fraction of sp³-hybridized carbons (Fsp3) is 0.944. The van der Waals surface area contributed by atoms with Crippen LogP contribution in [-0.4, -0.2) is 96.7 Å². The van der Waals surface area contributed by atoms with E-state index in [1.165, 1.54) is 212 Å². The van der Waals surface area contributed by atoms with Crippen LogP contribution in [-0.2, 0) is 65.4 Å². The standard InChI is InChI=1S/C72H140O17P2/c1-5-9-13-17-21-25-28-31-33-36-39-42-46-50-54-58-71(76)88-67(62-82-69(74)56-52-48-44-24-20-16-12-8-4)64-86-90(78,79)84-60-66(73)61-85-91(80,81)87-65-68(63-83-70(75)57-53-49-45-41-38-35-30-27-23-19-15-11-7-3)89-72(77)59-55-51-47-43-40-37-34-32-29-26-22-18-14-10-6-2/h66-68,73H,5-65H2,1-4H3,(H,78,79)(H,80,81)/t66-,67-,68-/m1/s1. The number of hydrogen-bond donors (Lipinski definition) is 3. The first-order valence-corrected chi connectivity index (χ1v) is 40.8. The van der Waals surface area contributed by atoms with Crippen molar-refractivity contribution in [3.05, 3.63) is 0 Å². The van der Waals surface area contributed by atoms with Crippen LogP contribution in [0.15, 0.2) is 0 Å². The second kappa shape index (κ2) is 66.7. The molecule has 0 radical (unpaired) electrons. The van der Waals surface area contributed by atoms with E-state index in [1.807, 2.05) is 0 Å². The zero-order valence-electron chi connectivity index (χ0n) is 58.8. The van der Waals surface area contributed by atoms with Crippen LogP contribution in [0.3, 0.4) is 0 Å². The summed E-state index contributed by atoms with van der Waals surface area (Å²) in [4.78, 5) is 72.6. The highest BCUT2D eigenvalue weighted by atomic mass is 31.2. The quantitative estimate of drug-likeness (QED) is 0.0222. The van der Waals surface area contributed by atoms with E-state index in [1.54, 1.807) is 0 Å². The number of esters is 4. The van der Waals surface area contributed by atoms with E-state index in [0.717, 1.165) is 89.9 Å². The average Bonchev–Trinajstić information content (AvgIpc) is 2.45. The highest BCUT2D eigenvalue weighted by Gasteiger charge is 2.30. The van der Waals surface area contributed by atoms with Gasteiger partial charge in [-0.05, 0) is 25.7 Å². The van der Waals surface area contributed by atoms with Crippen molar-refractivity contribution in [3.8, 4) is 0 Å². The van der Waals surface area contributed by atoms with Crippen molar-refractivity contribution in [3.63, 3.8) is 0 Å². The molecule has 0 fully saturated rings. The summed E-state index contributed by atoms with van der Waals surface area (Å²) >= 11 is 0. The van der Waals surface area contributed by atoms with Crippen molar-refractivity contribution in [2.45, 2.75) is 399 Å². The second-order valence-electron chi connectivity index (χ2n) is 26.0. The van der Waals surface area contributed by atoms with Gasteiger partial charge in [0.15, 0.2) is 12.2 Å². The minimum atomic E-state index is -4.95. The molecule has 0 spiro atoms. The Kier molecular flexibility index (Phi) is 65.2. The van der Waals surface area contributed by atoms with Crippen LogP contribution < -0.4 is 0 Å². The first-order chi connectivity index (χ1) is 44.2. The van der Waals surface area contributed by atoms with Gasteiger partial charge < -0.3 is 33.8 Å². The molecular formula is C72H140O17P2. The van der Waals surface area contributed by atoms with E-state index < -0.39 is 97.5 Å². The van der Waals surface area contributed by atoms with E-state index in [-0.39, 0.29) is 25.7 Å². The van der Waals surface area contributed by atoms with E-state index in [2.05, 4.69) is 27.7 Å². The van der Waals surface area contributed by atoms with Crippen LogP contribution in [0, 0.1) is 0 Å². The molecule has 2 unspecified atom stereocenters. The monoisotopic (exact) mass is 1340 g/mol. The average molecular weight is 1340 g/mol.